The van der Waals surface area contributed by atoms with Crippen molar-refractivity contribution < 1.29 is 9.59 Å². The lowest BCUT2D eigenvalue weighted by atomic mass is 9.97. The van der Waals surface area contributed by atoms with Crippen LogP contribution in [0.4, 0.5) is 0 Å². The lowest BCUT2D eigenvalue weighted by Crippen LogP contribution is -1.97. The minimum absolute atomic E-state index is 0.317. The lowest BCUT2D eigenvalue weighted by molar-refractivity contribution is 0.111. The molecule has 0 spiro atoms. The maximum absolute atomic E-state index is 11.0. The monoisotopic (exact) mass is 390 g/mol. The third-order valence-corrected chi connectivity index (χ3v) is 7.06. The van der Waals surface area contributed by atoms with E-state index in [1.165, 1.54) is 67.5 Å². The van der Waals surface area contributed by atoms with Crippen LogP contribution >= 0.6 is 22.7 Å². The predicted molar refractivity (Wildman–Crippen MR) is 113 cm³/mol. The van der Waals surface area contributed by atoms with Crippen LogP contribution in [-0.4, -0.2) is 12.6 Å². The third kappa shape index (κ3) is 6.81. The van der Waals surface area contributed by atoms with Crippen LogP contribution in [0.2, 0.25) is 0 Å². The first-order valence-electron chi connectivity index (χ1n) is 9.88. The van der Waals surface area contributed by atoms with Gasteiger partial charge in [-0.2, -0.15) is 0 Å². The number of aldehydes is 2. The predicted octanol–water partition coefficient (Wildman–Crippen LogP) is 7.49. The molecule has 2 heterocycles. The number of hydrogen-bond acceptors (Lipinski definition) is 4. The molecule has 0 aliphatic carbocycles. The Labute approximate surface area is 165 Å². The van der Waals surface area contributed by atoms with Crippen molar-refractivity contribution in [2.24, 2.45) is 0 Å². The summed E-state index contributed by atoms with van der Waals surface area (Å²) < 4.78 is 0. The van der Waals surface area contributed by atoms with Gasteiger partial charge in [-0.15, -0.1) is 22.7 Å². The molecule has 0 atom stereocenters. The fraction of sp³-hybridized carbons (Fsp3) is 0.545. The number of carbonyl (C=O) groups is 2. The summed E-state index contributed by atoms with van der Waals surface area (Å²) in [6.07, 6.45) is 14.9. The number of rotatable bonds is 14. The highest BCUT2D eigenvalue weighted by molar-refractivity contribution is 7.15. The van der Waals surface area contributed by atoms with Crippen molar-refractivity contribution >= 4 is 35.2 Å². The van der Waals surface area contributed by atoms with Crippen molar-refractivity contribution in [3.05, 3.63) is 43.8 Å². The van der Waals surface area contributed by atoms with Gasteiger partial charge in [-0.25, -0.2) is 0 Å². The molecule has 142 valence electrons. The standard InChI is InChI=1S/C22H30O2S2/c1-2-3-4-5-6-7-8-9-10-11-20(21-14-12-18(16-23)25-21)22-15-13-19(17-24)26-22/h12-17,20H,2-11H2,1H3. The minimum Gasteiger partial charge on any atom is -0.297 e. The molecule has 0 fully saturated rings. The van der Waals surface area contributed by atoms with Crippen molar-refractivity contribution in [2.45, 2.75) is 77.0 Å². The average molecular weight is 391 g/mol. The Morgan fingerprint density at radius 2 is 1.19 bits per heavy atom. The van der Waals surface area contributed by atoms with E-state index in [-0.39, 0.29) is 0 Å². The van der Waals surface area contributed by atoms with Gasteiger partial charge in [0.1, 0.15) is 0 Å². The van der Waals surface area contributed by atoms with Gasteiger partial charge in [0.15, 0.2) is 12.6 Å². The van der Waals surface area contributed by atoms with Gasteiger partial charge in [0.25, 0.3) is 0 Å². The maximum Gasteiger partial charge on any atom is 0.160 e. The molecule has 0 radical (unpaired) electrons. The van der Waals surface area contributed by atoms with Crippen LogP contribution in [0.15, 0.2) is 24.3 Å². The topological polar surface area (TPSA) is 34.1 Å². The smallest absolute Gasteiger partial charge is 0.160 e. The number of thiophene rings is 2. The third-order valence-electron chi connectivity index (χ3n) is 4.81. The zero-order valence-electron chi connectivity index (χ0n) is 15.7. The Balaban J connectivity index is 1.83. The molecular formula is C22H30O2S2. The van der Waals surface area contributed by atoms with E-state index in [2.05, 4.69) is 19.1 Å². The summed E-state index contributed by atoms with van der Waals surface area (Å²) in [5, 5.41) is 0. The van der Waals surface area contributed by atoms with Gasteiger partial charge >= 0.3 is 0 Å². The van der Waals surface area contributed by atoms with Gasteiger partial charge in [-0.3, -0.25) is 9.59 Å². The molecule has 2 rings (SSSR count). The molecule has 0 unspecified atom stereocenters. The zero-order valence-corrected chi connectivity index (χ0v) is 17.4. The van der Waals surface area contributed by atoms with Gasteiger partial charge in [0, 0.05) is 15.7 Å². The Bertz CT molecular complexity index is 610. The van der Waals surface area contributed by atoms with Crippen molar-refractivity contribution in [3.63, 3.8) is 0 Å². The Morgan fingerprint density at radius 1 is 0.731 bits per heavy atom. The molecule has 0 saturated carbocycles. The van der Waals surface area contributed by atoms with E-state index in [0.29, 0.717) is 5.92 Å². The van der Waals surface area contributed by atoms with Crippen molar-refractivity contribution in [3.8, 4) is 0 Å². The SMILES string of the molecule is CCCCCCCCCCCC(c1ccc(C=O)s1)c1ccc(C=O)s1. The second-order valence-electron chi connectivity index (χ2n) is 6.89. The fourth-order valence-corrected chi connectivity index (χ4v) is 5.36. The summed E-state index contributed by atoms with van der Waals surface area (Å²) in [6.45, 7) is 2.26. The Hall–Kier alpha value is -1.26. The molecule has 2 nitrogen and oxygen atoms in total. The molecule has 0 aliphatic heterocycles. The highest BCUT2D eigenvalue weighted by Gasteiger charge is 2.18. The van der Waals surface area contributed by atoms with E-state index in [1.54, 1.807) is 22.7 Å². The highest BCUT2D eigenvalue weighted by atomic mass is 32.1. The van der Waals surface area contributed by atoms with E-state index >= 15 is 0 Å². The Morgan fingerprint density at radius 3 is 1.62 bits per heavy atom. The summed E-state index contributed by atoms with van der Waals surface area (Å²) >= 11 is 3.16. The van der Waals surface area contributed by atoms with Gasteiger partial charge in [-0.05, 0) is 30.7 Å². The number of hydrogen-bond donors (Lipinski definition) is 0. The minimum atomic E-state index is 0.317. The number of carbonyl (C=O) groups excluding carboxylic acids is 2. The van der Waals surface area contributed by atoms with Gasteiger partial charge in [-0.1, -0.05) is 64.7 Å². The van der Waals surface area contributed by atoms with Crippen LogP contribution in [0.1, 0.15) is 106 Å². The molecule has 2 aromatic heterocycles. The molecule has 4 heteroatoms. The van der Waals surface area contributed by atoms with Crippen LogP contribution in [-0.2, 0) is 0 Å². The van der Waals surface area contributed by atoms with E-state index in [4.69, 9.17) is 0 Å². The van der Waals surface area contributed by atoms with Crippen LogP contribution < -0.4 is 0 Å². The van der Waals surface area contributed by atoms with Gasteiger partial charge in [0.05, 0.1) is 9.75 Å². The lowest BCUT2D eigenvalue weighted by Gasteiger charge is -2.14. The fourth-order valence-electron chi connectivity index (χ4n) is 3.32. The quantitative estimate of drug-likeness (QED) is 0.247. The molecule has 0 aromatic carbocycles. The largest absolute Gasteiger partial charge is 0.297 e. The number of unbranched alkanes of at least 4 members (excludes halogenated alkanes) is 8. The first kappa shape index (κ1) is 21.0. The van der Waals surface area contributed by atoms with Crippen LogP contribution in [0.5, 0.6) is 0 Å². The molecule has 0 bridgehead atoms. The van der Waals surface area contributed by atoms with Gasteiger partial charge in [0.2, 0.25) is 0 Å². The van der Waals surface area contributed by atoms with Crippen molar-refractivity contribution in [1.29, 1.82) is 0 Å². The zero-order chi connectivity index (χ0) is 18.6. The molecule has 0 amide bonds. The molecule has 0 saturated heterocycles. The summed E-state index contributed by atoms with van der Waals surface area (Å²) in [4.78, 5) is 26.1. The first-order chi connectivity index (χ1) is 12.8. The molecule has 26 heavy (non-hydrogen) atoms. The van der Waals surface area contributed by atoms with Crippen LogP contribution in [0, 0.1) is 0 Å². The van der Waals surface area contributed by atoms with E-state index in [1.807, 2.05) is 12.1 Å². The van der Waals surface area contributed by atoms with Crippen LogP contribution in [0.3, 0.4) is 0 Å². The molecular weight excluding hydrogens is 360 g/mol. The van der Waals surface area contributed by atoms with Crippen molar-refractivity contribution in [2.75, 3.05) is 0 Å². The highest BCUT2D eigenvalue weighted by Crippen LogP contribution is 2.37. The first-order valence-corrected chi connectivity index (χ1v) is 11.5. The summed E-state index contributed by atoms with van der Waals surface area (Å²) in [5.41, 5.74) is 0. The van der Waals surface area contributed by atoms with E-state index in [0.717, 1.165) is 28.7 Å². The van der Waals surface area contributed by atoms with Crippen molar-refractivity contribution in [1.82, 2.24) is 0 Å². The van der Waals surface area contributed by atoms with Gasteiger partial charge < -0.3 is 0 Å². The molecule has 2 aromatic rings. The summed E-state index contributed by atoms with van der Waals surface area (Å²) in [7, 11) is 0. The maximum atomic E-state index is 11.0. The van der Waals surface area contributed by atoms with E-state index in [9.17, 15) is 9.59 Å². The van der Waals surface area contributed by atoms with E-state index < -0.39 is 0 Å². The second-order valence-corrected chi connectivity index (χ2v) is 9.18. The average Bonchev–Trinajstić information content (AvgIpc) is 3.32. The summed E-state index contributed by atoms with van der Waals surface area (Å²) in [5.74, 6) is 0.317. The second kappa shape index (κ2) is 12.2. The molecule has 0 N–H and O–H groups in total. The summed E-state index contributed by atoms with van der Waals surface area (Å²) in [6, 6.07) is 7.97. The Kier molecular flexibility index (Phi) is 9.86. The molecule has 0 aliphatic rings. The normalized spacial score (nSPS) is 11.2. The van der Waals surface area contributed by atoms with Crippen LogP contribution in [0.25, 0.3) is 0 Å².